The summed E-state index contributed by atoms with van der Waals surface area (Å²) in [6.45, 7) is 2.71. The summed E-state index contributed by atoms with van der Waals surface area (Å²) in [6.07, 6.45) is 3.44. The highest BCUT2D eigenvalue weighted by molar-refractivity contribution is 5.74. The second-order valence-corrected chi connectivity index (χ2v) is 4.70. The van der Waals surface area contributed by atoms with Crippen molar-refractivity contribution in [2.75, 3.05) is 32.0 Å². The molecule has 1 fully saturated rings. The van der Waals surface area contributed by atoms with Crippen LogP contribution in [0.5, 0.6) is 5.75 Å². The molecule has 0 aromatic heterocycles. The summed E-state index contributed by atoms with van der Waals surface area (Å²) in [7, 11) is 0. The zero-order valence-electron chi connectivity index (χ0n) is 11.1. The fourth-order valence-corrected chi connectivity index (χ4v) is 2.10. The molecule has 5 heteroatoms. The normalized spacial score (nSPS) is 15.1. The zero-order chi connectivity index (χ0) is 13.5. The summed E-state index contributed by atoms with van der Waals surface area (Å²) in [5.74, 6) is 0.765. The van der Waals surface area contributed by atoms with Crippen LogP contribution in [0.25, 0.3) is 0 Å². The standard InChI is InChI=1S/C14H21N3O2/c15-12-4-6-13(7-5-12)19-11-8-16-14(18)17-9-2-1-3-10-17/h4-7H,1-3,8-11,15H2,(H,16,18). The number of hydrogen-bond donors (Lipinski definition) is 2. The van der Waals surface area contributed by atoms with Gasteiger partial charge in [-0.2, -0.15) is 0 Å². The number of carbonyl (C=O) groups is 1. The van der Waals surface area contributed by atoms with Crippen LogP contribution in [0.3, 0.4) is 0 Å². The first-order valence-corrected chi connectivity index (χ1v) is 6.77. The molecule has 1 aromatic carbocycles. The van der Waals surface area contributed by atoms with Gasteiger partial charge in [-0.05, 0) is 43.5 Å². The first-order chi connectivity index (χ1) is 9.25. The van der Waals surface area contributed by atoms with Crippen molar-refractivity contribution < 1.29 is 9.53 Å². The van der Waals surface area contributed by atoms with E-state index in [4.69, 9.17) is 10.5 Å². The molecule has 1 aromatic rings. The summed E-state index contributed by atoms with van der Waals surface area (Å²) < 4.78 is 5.51. The van der Waals surface area contributed by atoms with E-state index >= 15 is 0 Å². The summed E-state index contributed by atoms with van der Waals surface area (Å²) in [6, 6.07) is 7.24. The predicted octanol–water partition coefficient (Wildman–Crippen LogP) is 1.84. The fourth-order valence-electron chi connectivity index (χ4n) is 2.10. The van der Waals surface area contributed by atoms with E-state index in [9.17, 15) is 4.79 Å². The zero-order valence-corrected chi connectivity index (χ0v) is 11.1. The largest absolute Gasteiger partial charge is 0.492 e. The molecule has 0 bridgehead atoms. The van der Waals surface area contributed by atoms with Gasteiger partial charge in [0.05, 0.1) is 6.54 Å². The minimum absolute atomic E-state index is 0.0145. The number of urea groups is 1. The number of nitrogens with two attached hydrogens (primary N) is 1. The minimum atomic E-state index is 0.0145. The second kappa shape index (κ2) is 6.87. The quantitative estimate of drug-likeness (QED) is 0.643. The van der Waals surface area contributed by atoms with E-state index in [-0.39, 0.29) is 6.03 Å². The van der Waals surface area contributed by atoms with Crippen LogP contribution in [0, 0.1) is 0 Å². The van der Waals surface area contributed by atoms with Gasteiger partial charge in [0.15, 0.2) is 0 Å². The van der Waals surface area contributed by atoms with Gasteiger partial charge in [0.1, 0.15) is 12.4 Å². The number of carbonyl (C=O) groups excluding carboxylic acids is 1. The van der Waals surface area contributed by atoms with Gasteiger partial charge in [0.2, 0.25) is 0 Å². The maximum Gasteiger partial charge on any atom is 0.317 e. The van der Waals surface area contributed by atoms with Gasteiger partial charge >= 0.3 is 6.03 Å². The van der Waals surface area contributed by atoms with Gasteiger partial charge in [-0.15, -0.1) is 0 Å². The SMILES string of the molecule is Nc1ccc(OCCNC(=O)N2CCCCC2)cc1. The molecule has 2 rings (SSSR count). The molecule has 0 aliphatic carbocycles. The van der Waals surface area contributed by atoms with Gasteiger partial charge in [-0.3, -0.25) is 0 Å². The molecule has 5 nitrogen and oxygen atoms in total. The Morgan fingerprint density at radius 3 is 2.58 bits per heavy atom. The molecule has 1 saturated heterocycles. The second-order valence-electron chi connectivity index (χ2n) is 4.70. The lowest BCUT2D eigenvalue weighted by atomic mass is 10.1. The average molecular weight is 263 g/mol. The highest BCUT2D eigenvalue weighted by Gasteiger charge is 2.15. The topological polar surface area (TPSA) is 67.6 Å². The number of piperidine rings is 1. The van der Waals surface area contributed by atoms with Crippen molar-refractivity contribution >= 4 is 11.7 Å². The van der Waals surface area contributed by atoms with Crippen molar-refractivity contribution in [1.29, 1.82) is 0 Å². The monoisotopic (exact) mass is 263 g/mol. The van der Waals surface area contributed by atoms with Gasteiger partial charge in [-0.1, -0.05) is 0 Å². The molecule has 1 aliphatic heterocycles. The molecule has 0 saturated carbocycles. The molecule has 104 valence electrons. The number of nitrogen functional groups attached to an aromatic ring is 1. The molecular formula is C14H21N3O2. The molecule has 0 unspecified atom stereocenters. The van der Waals surface area contributed by atoms with E-state index in [1.165, 1.54) is 6.42 Å². The molecular weight excluding hydrogens is 242 g/mol. The molecule has 3 N–H and O–H groups in total. The van der Waals surface area contributed by atoms with Crippen molar-refractivity contribution in [2.24, 2.45) is 0 Å². The Labute approximate surface area is 113 Å². The van der Waals surface area contributed by atoms with Crippen molar-refractivity contribution in [2.45, 2.75) is 19.3 Å². The van der Waals surface area contributed by atoms with Crippen LogP contribution < -0.4 is 15.8 Å². The fraction of sp³-hybridized carbons (Fsp3) is 0.500. The number of likely N-dealkylation sites (tertiary alicyclic amines) is 1. The number of hydrogen-bond acceptors (Lipinski definition) is 3. The Balaban J connectivity index is 1.63. The van der Waals surface area contributed by atoms with Gasteiger partial charge in [0, 0.05) is 18.8 Å². The number of amides is 2. The summed E-state index contributed by atoms with van der Waals surface area (Å²) >= 11 is 0. The molecule has 0 radical (unpaired) electrons. The molecule has 0 atom stereocenters. The van der Waals surface area contributed by atoms with Crippen molar-refractivity contribution in [1.82, 2.24) is 10.2 Å². The molecule has 2 amide bonds. The molecule has 19 heavy (non-hydrogen) atoms. The summed E-state index contributed by atoms with van der Waals surface area (Å²) in [4.78, 5) is 13.7. The van der Waals surface area contributed by atoms with E-state index < -0.39 is 0 Å². The van der Waals surface area contributed by atoms with E-state index in [0.717, 1.165) is 31.7 Å². The third-order valence-corrected chi connectivity index (χ3v) is 3.17. The Morgan fingerprint density at radius 2 is 1.89 bits per heavy atom. The lowest BCUT2D eigenvalue weighted by Gasteiger charge is -2.26. The van der Waals surface area contributed by atoms with Crippen LogP contribution in [0.2, 0.25) is 0 Å². The van der Waals surface area contributed by atoms with Crippen LogP contribution in [-0.4, -0.2) is 37.2 Å². The lowest BCUT2D eigenvalue weighted by molar-refractivity contribution is 0.184. The van der Waals surface area contributed by atoms with E-state index in [1.54, 1.807) is 12.1 Å². The number of ether oxygens (including phenoxy) is 1. The molecule has 0 spiro atoms. The highest BCUT2D eigenvalue weighted by Crippen LogP contribution is 2.12. The Hall–Kier alpha value is -1.91. The van der Waals surface area contributed by atoms with Crippen molar-refractivity contribution in [3.63, 3.8) is 0 Å². The van der Waals surface area contributed by atoms with Gasteiger partial charge in [0.25, 0.3) is 0 Å². The third-order valence-electron chi connectivity index (χ3n) is 3.17. The predicted molar refractivity (Wildman–Crippen MR) is 75.2 cm³/mol. The smallest absolute Gasteiger partial charge is 0.317 e. The van der Waals surface area contributed by atoms with Gasteiger partial charge < -0.3 is 20.7 Å². The number of anilines is 1. The van der Waals surface area contributed by atoms with Crippen LogP contribution in [0.4, 0.5) is 10.5 Å². The number of benzene rings is 1. The van der Waals surface area contributed by atoms with Crippen LogP contribution >= 0.6 is 0 Å². The molecule has 1 aliphatic rings. The van der Waals surface area contributed by atoms with Crippen LogP contribution in [0.15, 0.2) is 24.3 Å². The molecule has 1 heterocycles. The lowest BCUT2D eigenvalue weighted by Crippen LogP contribution is -2.43. The Bertz CT molecular complexity index is 400. The van der Waals surface area contributed by atoms with Crippen molar-refractivity contribution in [3.05, 3.63) is 24.3 Å². The number of nitrogens with one attached hydrogen (secondary N) is 1. The number of rotatable bonds is 4. The summed E-state index contributed by atoms with van der Waals surface area (Å²) in [5.41, 5.74) is 6.30. The maximum atomic E-state index is 11.8. The highest BCUT2D eigenvalue weighted by atomic mass is 16.5. The van der Waals surface area contributed by atoms with Gasteiger partial charge in [-0.25, -0.2) is 4.79 Å². The van der Waals surface area contributed by atoms with E-state index in [0.29, 0.717) is 18.8 Å². The first-order valence-electron chi connectivity index (χ1n) is 6.77. The summed E-state index contributed by atoms with van der Waals surface area (Å²) in [5, 5.41) is 2.87. The minimum Gasteiger partial charge on any atom is -0.492 e. The van der Waals surface area contributed by atoms with Crippen molar-refractivity contribution in [3.8, 4) is 5.75 Å². The number of nitrogens with zero attached hydrogens (tertiary/aromatic N) is 1. The third kappa shape index (κ3) is 4.35. The maximum absolute atomic E-state index is 11.8. The first kappa shape index (κ1) is 13.5. The Morgan fingerprint density at radius 1 is 1.21 bits per heavy atom. The average Bonchev–Trinajstić information content (AvgIpc) is 2.46. The Kier molecular flexibility index (Phi) is 4.89. The van der Waals surface area contributed by atoms with E-state index in [1.807, 2.05) is 17.0 Å². The van der Waals surface area contributed by atoms with Crippen LogP contribution in [0.1, 0.15) is 19.3 Å². The van der Waals surface area contributed by atoms with E-state index in [2.05, 4.69) is 5.32 Å². The van der Waals surface area contributed by atoms with Crippen LogP contribution in [-0.2, 0) is 0 Å².